The molecule has 3 aliphatic rings. The van der Waals surface area contributed by atoms with Gasteiger partial charge in [0.05, 0.1) is 0 Å². The average molecular weight is 266 g/mol. The highest BCUT2D eigenvalue weighted by molar-refractivity contribution is 6.37. The molecule has 19 heavy (non-hydrogen) atoms. The van der Waals surface area contributed by atoms with Crippen LogP contribution in [0.4, 0.5) is 0 Å². The van der Waals surface area contributed by atoms with Crippen LogP contribution >= 0.6 is 0 Å². The number of hydrogen-bond donors (Lipinski definition) is 2. The zero-order valence-electron chi connectivity index (χ0n) is 10.7. The number of aliphatic carboxylic acids is 2. The number of ketones is 1. The van der Waals surface area contributed by atoms with Gasteiger partial charge in [-0.05, 0) is 55.3 Å². The lowest BCUT2D eigenvalue weighted by Crippen LogP contribution is -2.46. The van der Waals surface area contributed by atoms with E-state index in [4.69, 9.17) is 5.11 Å². The quantitative estimate of drug-likeness (QED) is 0.595. The van der Waals surface area contributed by atoms with E-state index < -0.39 is 29.1 Å². The summed E-state index contributed by atoms with van der Waals surface area (Å²) in [6.45, 7) is 0. The molecule has 5 nitrogen and oxygen atoms in total. The highest BCUT2D eigenvalue weighted by Gasteiger charge is 2.65. The minimum absolute atomic E-state index is 0.246. The Bertz CT molecular complexity index is 457. The van der Waals surface area contributed by atoms with Crippen molar-refractivity contribution in [2.75, 3.05) is 0 Å². The maximum atomic E-state index is 11.9. The molecule has 2 bridgehead atoms. The topological polar surface area (TPSA) is 91.7 Å². The molecule has 0 aliphatic heterocycles. The summed E-state index contributed by atoms with van der Waals surface area (Å²) in [4.78, 5) is 34.3. The van der Waals surface area contributed by atoms with Crippen LogP contribution in [0, 0.1) is 29.1 Å². The zero-order valence-corrected chi connectivity index (χ0v) is 10.7. The molecule has 5 unspecified atom stereocenters. The molecule has 3 rings (SSSR count). The fraction of sp³-hybridized carbons (Fsp3) is 0.786. The van der Waals surface area contributed by atoms with Crippen molar-refractivity contribution < 1.29 is 24.6 Å². The molecule has 0 aromatic heterocycles. The Morgan fingerprint density at radius 1 is 1.11 bits per heavy atom. The van der Waals surface area contributed by atoms with Gasteiger partial charge in [-0.3, -0.25) is 9.59 Å². The van der Waals surface area contributed by atoms with Gasteiger partial charge in [-0.2, -0.15) is 0 Å². The highest BCUT2D eigenvalue weighted by Crippen LogP contribution is 2.68. The molecule has 0 spiro atoms. The van der Waals surface area contributed by atoms with E-state index in [0.717, 1.165) is 32.1 Å². The normalized spacial score (nSPS) is 40.9. The Balaban J connectivity index is 2.00. The molecule has 3 fully saturated rings. The lowest BCUT2D eigenvalue weighted by Gasteiger charge is -2.39. The van der Waals surface area contributed by atoms with Crippen LogP contribution in [0.25, 0.3) is 0 Å². The summed E-state index contributed by atoms with van der Waals surface area (Å²) < 4.78 is 0. The molecule has 3 aliphatic carbocycles. The number of carboxylic acid groups (broad SMARTS) is 2. The summed E-state index contributed by atoms with van der Waals surface area (Å²) in [6.07, 6.45) is 5.55. The number of Topliss-reactive ketones (excluding diaryl/α,β-unsaturated/α-hetero) is 1. The van der Waals surface area contributed by atoms with Gasteiger partial charge in [0.25, 0.3) is 5.78 Å². The Labute approximate surface area is 111 Å². The fourth-order valence-corrected chi connectivity index (χ4v) is 5.33. The Morgan fingerprint density at radius 3 is 2.47 bits per heavy atom. The largest absolute Gasteiger partial charge is 0.481 e. The minimum Gasteiger partial charge on any atom is -0.481 e. The summed E-state index contributed by atoms with van der Waals surface area (Å²) in [5.74, 6) is -4.04. The van der Waals surface area contributed by atoms with Crippen LogP contribution in [0.5, 0.6) is 0 Å². The molecule has 3 saturated carbocycles. The molecule has 0 saturated heterocycles. The molecule has 2 N–H and O–H groups in total. The van der Waals surface area contributed by atoms with Gasteiger partial charge < -0.3 is 10.2 Å². The van der Waals surface area contributed by atoms with Crippen LogP contribution in [-0.4, -0.2) is 27.9 Å². The lowest BCUT2D eigenvalue weighted by atomic mass is 9.63. The van der Waals surface area contributed by atoms with Gasteiger partial charge >= 0.3 is 11.9 Å². The first-order chi connectivity index (χ1) is 8.97. The molecule has 0 heterocycles. The van der Waals surface area contributed by atoms with Gasteiger partial charge in [0.2, 0.25) is 0 Å². The maximum absolute atomic E-state index is 11.9. The monoisotopic (exact) mass is 266 g/mol. The number of carbonyl (C=O) groups is 3. The van der Waals surface area contributed by atoms with Crippen molar-refractivity contribution in [3.8, 4) is 0 Å². The fourth-order valence-electron chi connectivity index (χ4n) is 5.33. The smallest absolute Gasteiger partial charge is 0.373 e. The van der Waals surface area contributed by atoms with Crippen molar-refractivity contribution in [2.45, 2.75) is 38.5 Å². The molecule has 5 atom stereocenters. The highest BCUT2D eigenvalue weighted by atomic mass is 16.4. The second-order valence-electron chi connectivity index (χ2n) is 6.38. The Morgan fingerprint density at radius 2 is 1.84 bits per heavy atom. The predicted molar refractivity (Wildman–Crippen MR) is 64.4 cm³/mol. The van der Waals surface area contributed by atoms with Gasteiger partial charge in [-0.1, -0.05) is 6.42 Å². The Kier molecular flexibility index (Phi) is 2.69. The molecular formula is C14H18O5. The van der Waals surface area contributed by atoms with Crippen LogP contribution < -0.4 is 0 Å². The van der Waals surface area contributed by atoms with E-state index >= 15 is 0 Å². The average Bonchev–Trinajstić information content (AvgIpc) is 2.99. The second-order valence-corrected chi connectivity index (χ2v) is 6.38. The molecule has 5 heteroatoms. The first kappa shape index (κ1) is 12.6. The minimum atomic E-state index is -1.60. The van der Waals surface area contributed by atoms with Crippen molar-refractivity contribution in [3.05, 3.63) is 0 Å². The van der Waals surface area contributed by atoms with E-state index in [1.807, 2.05) is 0 Å². The molecule has 0 radical (unpaired) electrons. The first-order valence-electron chi connectivity index (χ1n) is 6.97. The van der Waals surface area contributed by atoms with Crippen LogP contribution in [0.15, 0.2) is 0 Å². The Hall–Kier alpha value is -1.39. The standard InChI is InChI=1S/C14H18O5/c15-11(13(18)19)10(12(16)17)14-5-4-7(6-14)8-2-1-3-9(8)14/h7-10H,1-6H2,(H,16,17)(H,18,19). The van der Waals surface area contributed by atoms with E-state index in [9.17, 15) is 19.5 Å². The van der Waals surface area contributed by atoms with Crippen molar-refractivity contribution in [1.82, 2.24) is 0 Å². The van der Waals surface area contributed by atoms with Crippen molar-refractivity contribution >= 4 is 17.7 Å². The third kappa shape index (κ3) is 1.56. The molecule has 0 aromatic carbocycles. The van der Waals surface area contributed by atoms with E-state index in [0.29, 0.717) is 18.3 Å². The summed E-state index contributed by atoms with van der Waals surface area (Å²) in [5.41, 5.74) is -0.576. The van der Waals surface area contributed by atoms with E-state index in [1.165, 1.54) is 0 Å². The molecular weight excluding hydrogens is 248 g/mol. The SMILES string of the molecule is O=C(O)C(=O)C(C(=O)O)C12CCC(C1)C1CCCC12. The first-order valence-corrected chi connectivity index (χ1v) is 6.97. The van der Waals surface area contributed by atoms with Gasteiger partial charge in [0, 0.05) is 0 Å². The maximum Gasteiger partial charge on any atom is 0.373 e. The molecule has 104 valence electrons. The molecule has 0 aromatic rings. The van der Waals surface area contributed by atoms with E-state index in [-0.39, 0.29) is 5.92 Å². The van der Waals surface area contributed by atoms with Gasteiger partial charge in [0.1, 0.15) is 5.92 Å². The van der Waals surface area contributed by atoms with Crippen molar-refractivity contribution in [2.24, 2.45) is 29.1 Å². The predicted octanol–water partition coefficient (Wildman–Crippen LogP) is 1.56. The van der Waals surface area contributed by atoms with Crippen molar-refractivity contribution in [3.63, 3.8) is 0 Å². The van der Waals surface area contributed by atoms with Crippen molar-refractivity contribution in [1.29, 1.82) is 0 Å². The third-order valence-electron chi connectivity index (χ3n) is 5.83. The van der Waals surface area contributed by atoms with Crippen LogP contribution in [0.3, 0.4) is 0 Å². The lowest BCUT2D eigenvalue weighted by molar-refractivity contribution is -0.163. The zero-order chi connectivity index (χ0) is 13.8. The van der Waals surface area contributed by atoms with E-state index in [1.54, 1.807) is 0 Å². The van der Waals surface area contributed by atoms with Gasteiger partial charge in [-0.15, -0.1) is 0 Å². The van der Waals surface area contributed by atoms with Crippen LogP contribution in [0.2, 0.25) is 0 Å². The summed E-state index contributed by atoms with van der Waals surface area (Å²) in [6, 6.07) is 0. The third-order valence-corrected chi connectivity index (χ3v) is 5.83. The summed E-state index contributed by atoms with van der Waals surface area (Å²) in [7, 11) is 0. The van der Waals surface area contributed by atoms with Gasteiger partial charge in [-0.25, -0.2) is 4.79 Å². The van der Waals surface area contributed by atoms with Gasteiger partial charge in [0.15, 0.2) is 0 Å². The summed E-state index contributed by atoms with van der Waals surface area (Å²) in [5, 5.41) is 18.3. The second kappa shape index (κ2) is 4.05. The van der Waals surface area contributed by atoms with Crippen LogP contribution in [-0.2, 0) is 14.4 Å². The number of hydrogen-bond acceptors (Lipinski definition) is 3. The molecule has 0 amide bonds. The summed E-state index contributed by atoms with van der Waals surface area (Å²) >= 11 is 0. The number of rotatable bonds is 4. The number of carboxylic acids is 2. The van der Waals surface area contributed by atoms with Crippen LogP contribution in [0.1, 0.15) is 38.5 Å². The number of fused-ring (bicyclic) bond motifs is 5. The van der Waals surface area contributed by atoms with E-state index in [2.05, 4.69) is 0 Å². The number of carbonyl (C=O) groups excluding carboxylic acids is 1.